The van der Waals surface area contributed by atoms with Gasteiger partial charge in [0.05, 0.1) is 17.7 Å². The van der Waals surface area contributed by atoms with Crippen LogP contribution in [0.3, 0.4) is 0 Å². The number of carboxylic acids is 1. The van der Waals surface area contributed by atoms with E-state index in [4.69, 9.17) is 15.6 Å². The van der Waals surface area contributed by atoms with Gasteiger partial charge in [0.15, 0.2) is 0 Å². The van der Waals surface area contributed by atoms with Gasteiger partial charge in [-0.1, -0.05) is 26.2 Å². The van der Waals surface area contributed by atoms with Gasteiger partial charge in [-0.3, -0.25) is 0 Å². The molecule has 0 heterocycles. The van der Waals surface area contributed by atoms with Crippen LogP contribution in [0.4, 0.5) is 5.69 Å². The van der Waals surface area contributed by atoms with E-state index < -0.39 is 11.9 Å². The Morgan fingerprint density at radius 3 is 2.58 bits per heavy atom. The predicted molar refractivity (Wildman–Crippen MR) is 72.2 cm³/mol. The molecular weight excluding hydrogens is 246 g/mol. The van der Waals surface area contributed by atoms with Crippen LogP contribution >= 0.6 is 0 Å². The largest absolute Gasteiger partial charge is 0.478 e. The molecule has 104 valence electrons. The van der Waals surface area contributed by atoms with E-state index in [1.165, 1.54) is 18.2 Å². The van der Waals surface area contributed by atoms with Crippen molar-refractivity contribution in [2.45, 2.75) is 32.6 Å². The Bertz CT molecular complexity index is 457. The van der Waals surface area contributed by atoms with Gasteiger partial charge < -0.3 is 15.6 Å². The number of benzene rings is 1. The maximum Gasteiger partial charge on any atom is 0.339 e. The zero-order valence-corrected chi connectivity index (χ0v) is 11.0. The van der Waals surface area contributed by atoms with E-state index in [1.54, 1.807) is 0 Å². The second-order valence-corrected chi connectivity index (χ2v) is 4.31. The molecule has 1 aromatic carbocycles. The van der Waals surface area contributed by atoms with Crippen LogP contribution < -0.4 is 5.73 Å². The lowest BCUT2D eigenvalue weighted by Gasteiger charge is -2.08. The van der Waals surface area contributed by atoms with E-state index in [-0.39, 0.29) is 11.1 Å². The molecule has 0 spiro atoms. The van der Waals surface area contributed by atoms with Crippen LogP contribution in [0.5, 0.6) is 0 Å². The highest BCUT2D eigenvalue weighted by atomic mass is 16.5. The summed E-state index contributed by atoms with van der Waals surface area (Å²) in [5.41, 5.74) is 5.81. The first-order chi connectivity index (χ1) is 9.06. The third kappa shape index (κ3) is 4.62. The number of carbonyl (C=O) groups is 2. The molecule has 1 rings (SSSR count). The zero-order valence-electron chi connectivity index (χ0n) is 11.0. The fraction of sp³-hybridized carbons (Fsp3) is 0.429. The topological polar surface area (TPSA) is 89.6 Å². The molecule has 0 aliphatic rings. The maximum atomic E-state index is 11.8. The molecule has 0 amide bonds. The van der Waals surface area contributed by atoms with Gasteiger partial charge in [0, 0.05) is 5.69 Å². The minimum atomic E-state index is -1.17. The van der Waals surface area contributed by atoms with E-state index in [9.17, 15) is 9.59 Å². The Kier molecular flexibility index (Phi) is 5.85. The Morgan fingerprint density at radius 2 is 1.95 bits per heavy atom. The van der Waals surface area contributed by atoms with Gasteiger partial charge in [0.25, 0.3) is 0 Å². The molecule has 19 heavy (non-hydrogen) atoms. The van der Waals surface area contributed by atoms with Crippen molar-refractivity contribution in [1.29, 1.82) is 0 Å². The van der Waals surface area contributed by atoms with Crippen molar-refractivity contribution in [1.82, 2.24) is 0 Å². The molecule has 0 saturated heterocycles. The summed E-state index contributed by atoms with van der Waals surface area (Å²) >= 11 is 0. The summed E-state index contributed by atoms with van der Waals surface area (Å²) in [4.78, 5) is 22.8. The van der Waals surface area contributed by atoms with E-state index in [0.29, 0.717) is 12.3 Å². The molecule has 0 bridgehead atoms. The molecular formula is C14H19NO4. The molecule has 0 aliphatic heterocycles. The van der Waals surface area contributed by atoms with E-state index in [1.807, 2.05) is 0 Å². The van der Waals surface area contributed by atoms with E-state index >= 15 is 0 Å². The minimum absolute atomic E-state index is 0.00277. The summed E-state index contributed by atoms with van der Waals surface area (Å²) in [7, 11) is 0. The molecule has 0 saturated carbocycles. The fourth-order valence-electron chi connectivity index (χ4n) is 1.69. The number of hydrogen-bond donors (Lipinski definition) is 2. The number of carboxylic acid groups (broad SMARTS) is 1. The quantitative estimate of drug-likeness (QED) is 0.449. The summed E-state index contributed by atoms with van der Waals surface area (Å²) in [6.07, 6.45) is 3.97. The van der Waals surface area contributed by atoms with Crippen LogP contribution in [0.15, 0.2) is 18.2 Å². The van der Waals surface area contributed by atoms with Crippen molar-refractivity contribution >= 4 is 17.6 Å². The number of rotatable bonds is 7. The van der Waals surface area contributed by atoms with Gasteiger partial charge in [-0.05, 0) is 24.6 Å². The first-order valence-corrected chi connectivity index (χ1v) is 6.36. The zero-order chi connectivity index (χ0) is 14.3. The standard InChI is InChI=1S/C14H19NO4/c1-2-3-4-5-8-19-14(18)12-9-10(15)6-7-11(12)13(16)17/h6-7,9H,2-5,8,15H2,1H3,(H,16,17). The Hall–Kier alpha value is -2.04. The molecule has 0 aliphatic carbocycles. The summed E-state index contributed by atoms with van der Waals surface area (Å²) in [5, 5.41) is 9.00. The lowest BCUT2D eigenvalue weighted by atomic mass is 10.1. The Morgan fingerprint density at radius 1 is 1.21 bits per heavy atom. The molecule has 0 unspecified atom stereocenters. The lowest BCUT2D eigenvalue weighted by Crippen LogP contribution is -2.13. The van der Waals surface area contributed by atoms with Crippen molar-refractivity contribution in [3.8, 4) is 0 Å². The number of esters is 1. The number of ether oxygens (including phenoxy) is 1. The van der Waals surface area contributed by atoms with Crippen molar-refractivity contribution in [3.05, 3.63) is 29.3 Å². The summed E-state index contributed by atoms with van der Waals surface area (Å²) in [6.45, 7) is 2.39. The number of unbranched alkanes of at least 4 members (excludes halogenated alkanes) is 3. The summed E-state index contributed by atoms with van der Waals surface area (Å²) < 4.78 is 5.06. The first kappa shape index (κ1) is 15.0. The third-order valence-corrected chi connectivity index (χ3v) is 2.72. The maximum absolute atomic E-state index is 11.8. The van der Waals surface area contributed by atoms with Crippen LogP contribution in [-0.2, 0) is 4.74 Å². The monoisotopic (exact) mass is 265 g/mol. The van der Waals surface area contributed by atoms with Gasteiger partial charge in [-0.15, -0.1) is 0 Å². The molecule has 0 atom stereocenters. The van der Waals surface area contributed by atoms with Gasteiger partial charge >= 0.3 is 11.9 Å². The summed E-state index contributed by atoms with van der Waals surface area (Å²) in [5.74, 6) is -1.81. The van der Waals surface area contributed by atoms with Crippen LogP contribution in [0.1, 0.15) is 53.3 Å². The van der Waals surface area contributed by atoms with Crippen LogP contribution in [-0.4, -0.2) is 23.7 Å². The number of nitrogen functional groups attached to an aromatic ring is 1. The number of anilines is 1. The fourth-order valence-corrected chi connectivity index (χ4v) is 1.69. The smallest absolute Gasteiger partial charge is 0.339 e. The molecule has 5 nitrogen and oxygen atoms in total. The Labute approximate surface area is 112 Å². The number of nitrogens with two attached hydrogens (primary N) is 1. The Balaban J connectivity index is 2.65. The van der Waals surface area contributed by atoms with Crippen molar-refractivity contribution in [2.24, 2.45) is 0 Å². The van der Waals surface area contributed by atoms with Crippen molar-refractivity contribution in [3.63, 3.8) is 0 Å². The number of aromatic carboxylic acids is 1. The van der Waals surface area contributed by atoms with E-state index in [2.05, 4.69) is 6.92 Å². The second-order valence-electron chi connectivity index (χ2n) is 4.31. The van der Waals surface area contributed by atoms with Crippen LogP contribution in [0.2, 0.25) is 0 Å². The lowest BCUT2D eigenvalue weighted by molar-refractivity contribution is 0.0487. The highest BCUT2D eigenvalue weighted by Crippen LogP contribution is 2.15. The molecule has 0 radical (unpaired) electrons. The average Bonchev–Trinajstić information content (AvgIpc) is 2.37. The normalized spacial score (nSPS) is 10.2. The van der Waals surface area contributed by atoms with Crippen molar-refractivity contribution in [2.75, 3.05) is 12.3 Å². The molecule has 3 N–H and O–H groups in total. The molecule has 1 aromatic rings. The van der Waals surface area contributed by atoms with Crippen LogP contribution in [0, 0.1) is 0 Å². The van der Waals surface area contributed by atoms with Gasteiger partial charge in [-0.2, -0.15) is 0 Å². The summed E-state index contributed by atoms with van der Waals surface area (Å²) in [6, 6.07) is 4.09. The average molecular weight is 265 g/mol. The van der Waals surface area contributed by atoms with Gasteiger partial charge in [0.2, 0.25) is 0 Å². The first-order valence-electron chi connectivity index (χ1n) is 6.36. The van der Waals surface area contributed by atoms with E-state index in [0.717, 1.165) is 25.7 Å². The van der Waals surface area contributed by atoms with Gasteiger partial charge in [-0.25, -0.2) is 9.59 Å². The highest BCUT2D eigenvalue weighted by Gasteiger charge is 2.17. The highest BCUT2D eigenvalue weighted by molar-refractivity contribution is 6.03. The molecule has 0 aromatic heterocycles. The minimum Gasteiger partial charge on any atom is -0.478 e. The molecule has 5 heteroatoms. The second kappa shape index (κ2) is 7.41. The SMILES string of the molecule is CCCCCCOC(=O)c1cc(N)ccc1C(=O)O. The van der Waals surface area contributed by atoms with Crippen LogP contribution in [0.25, 0.3) is 0 Å². The predicted octanol–water partition coefficient (Wildman–Crippen LogP) is 2.70. The van der Waals surface area contributed by atoms with Gasteiger partial charge in [0.1, 0.15) is 0 Å². The number of hydrogen-bond acceptors (Lipinski definition) is 4. The third-order valence-electron chi connectivity index (χ3n) is 2.72. The molecule has 0 fully saturated rings. The van der Waals surface area contributed by atoms with Crippen molar-refractivity contribution < 1.29 is 19.4 Å². The number of carbonyl (C=O) groups excluding carboxylic acids is 1.